The van der Waals surface area contributed by atoms with Gasteiger partial charge in [-0.3, -0.25) is 0 Å². The molecule has 0 fully saturated rings. The molecule has 0 amide bonds. The van der Waals surface area contributed by atoms with Crippen LogP contribution >= 0.6 is 23.8 Å². The lowest BCUT2D eigenvalue weighted by molar-refractivity contribution is 0.202. The Morgan fingerprint density at radius 3 is 2.81 bits per heavy atom. The van der Waals surface area contributed by atoms with Crippen LogP contribution in [-0.4, -0.2) is 18.7 Å². The van der Waals surface area contributed by atoms with Crippen molar-refractivity contribution in [3.63, 3.8) is 0 Å². The van der Waals surface area contributed by atoms with Crippen LogP contribution in [0.5, 0.6) is 11.5 Å². The van der Waals surface area contributed by atoms with Crippen molar-refractivity contribution < 1.29 is 9.47 Å². The maximum Gasteiger partial charge on any atom is 0.149 e. The number of methoxy groups -OCH3 is 1. The number of hydrogen-bond acceptors (Lipinski definition) is 4. The van der Waals surface area contributed by atoms with Gasteiger partial charge in [0, 0.05) is 13.3 Å². The number of nitriles is 1. The van der Waals surface area contributed by atoms with Gasteiger partial charge < -0.3 is 14.5 Å². The highest BCUT2D eigenvalue weighted by Crippen LogP contribution is 2.31. The molecule has 0 aliphatic rings. The van der Waals surface area contributed by atoms with Gasteiger partial charge in [-0.15, -0.1) is 0 Å². The fourth-order valence-corrected chi connectivity index (χ4v) is 2.23. The van der Waals surface area contributed by atoms with E-state index in [1.165, 1.54) is 0 Å². The number of nitrogens with one attached hydrogen (secondary N) is 1. The van der Waals surface area contributed by atoms with E-state index < -0.39 is 0 Å². The van der Waals surface area contributed by atoms with E-state index >= 15 is 0 Å². The lowest BCUT2D eigenvalue weighted by Gasteiger charge is -2.10. The molecule has 0 aliphatic carbocycles. The van der Waals surface area contributed by atoms with Gasteiger partial charge in [-0.05, 0) is 30.2 Å². The predicted molar refractivity (Wildman–Crippen MR) is 83.4 cm³/mol. The Morgan fingerprint density at radius 2 is 2.14 bits per heavy atom. The van der Waals surface area contributed by atoms with Gasteiger partial charge in [0.15, 0.2) is 0 Å². The molecule has 108 valence electrons. The molecule has 0 atom stereocenters. The summed E-state index contributed by atoms with van der Waals surface area (Å²) in [5, 5.41) is 9.60. The molecule has 1 aromatic heterocycles. The second-order valence-electron chi connectivity index (χ2n) is 4.27. The zero-order valence-corrected chi connectivity index (χ0v) is 12.9. The number of aromatic amines is 1. The number of halogens is 1. The average Bonchev–Trinajstić information content (AvgIpc) is 2.48. The van der Waals surface area contributed by atoms with Gasteiger partial charge in [0.1, 0.15) is 27.8 Å². The van der Waals surface area contributed by atoms with Crippen LogP contribution in [0, 0.1) is 16.0 Å². The van der Waals surface area contributed by atoms with E-state index in [0.29, 0.717) is 27.8 Å². The van der Waals surface area contributed by atoms with Crippen molar-refractivity contribution in [1.29, 1.82) is 5.26 Å². The van der Waals surface area contributed by atoms with Gasteiger partial charge >= 0.3 is 0 Å². The molecule has 0 aliphatic heterocycles. The lowest BCUT2D eigenvalue weighted by Crippen LogP contribution is -1.95. The van der Waals surface area contributed by atoms with Gasteiger partial charge in [0.05, 0.1) is 11.6 Å². The van der Waals surface area contributed by atoms with Crippen LogP contribution in [0.4, 0.5) is 0 Å². The summed E-state index contributed by atoms with van der Waals surface area (Å²) < 4.78 is 11.1. The third kappa shape index (κ3) is 3.82. The van der Waals surface area contributed by atoms with Gasteiger partial charge in [-0.2, -0.15) is 5.26 Å². The van der Waals surface area contributed by atoms with Crippen molar-refractivity contribution in [1.82, 2.24) is 4.98 Å². The highest BCUT2D eigenvalue weighted by atomic mass is 35.5. The maximum absolute atomic E-state index is 9.12. The molecule has 4 nitrogen and oxygen atoms in total. The summed E-state index contributed by atoms with van der Waals surface area (Å²) in [7, 11) is 1.65. The summed E-state index contributed by atoms with van der Waals surface area (Å²) in [5.41, 5.74) is 1.34. The van der Waals surface area contributed by atoms with E-state index in [2.05, 4.69) is 4.98 Å². The number of rotatable bonds is 5. The molecule has 1 heterocycles. The third-order valence-electron chi connectivity index (χ3n) is 2.85. The molecule has 6 heteroatoms. The molecule has 2 rings (SSSR count). The van der Waals surface area contributed by atoms with Crippen molar-refractivity contribution in [2.24, 2.45) is 0 Å². The molecular weight excluding hydrogens is 308 g/mol. The SMILES string of the molecule is COCCc1ccc(Oc2cc[nH]c(=S)c2C#N)c(Cl)c1. The normalized spacial score (nSPS) is 10.1. The highest BCUT2D eigenvalue weighted by molar-refractivity contribution is 7.71. The van der Waals surface area contributed by atoms with E-state index in [-0.39, 0.29) is 5.56 Å². The third-order valence-corrected chi connectivity index (χ3v) is 3.46. The summed E-state index contributed by atoms with van der Waals surface area (Å²) in [5.74, 6) is 0.864. The first-order valence-corrected chi connectivity index (χ1v) is 7.01. The smallest absolute Gasteiger partial charge is 0.149 e. The first kappa shape index (κ1) is 15.5. The second kappa shape index (κ2) is 7.23. The molecule has 1 N–H and O–H groups in total. The standard InChI is InChI=1S/C15H13ClN2O2S/c1-19-7-5-10-2-3-14(12(16)8-10)20-13-4-6-18-15(21)11(13)9-17/h2-4,6,8H,5,7H2,1H3,(H,18,21). The highest BCUT2D eigenvalue weighted by Gasteiger charge is 2.09. The number of H-pyrrole nitrogens is 1. The topological polar surface area (TPSA) is 58.0 Å². The molecule has 0 spiro atoms. The molecule has 0 radical (unpaired) electrons. The largest absolute Gasteiger partial charge is 0.454 e. The van der Waals surface area contributed by atoms with Crippen molar-refractivity contribution in [2.75, 3.05) is 13.7 Å². The zero-order valence-electron chi connectivity index (χ0n) is 11.4. The van der Waals surface area contributed by atoms with Crippen molar-refractivity contribution in [3.8, 4) is 17.6 Å². The number of pyridine rings is 1. The predicted octanol–water partition coefficient (Wildman–Crippen LogP) is 4.25. The summed E-state index contributed by atoms with van der Waals surface area (Å²) in [6, 6.07) is 9.17. The van der Waals surface area contributed by atoms with Crippen LogP contribution in [-0.2, 0) is 11.2 Å². The van der Waals surface area contributed by atoms with Gasteiger partial charge in [-0.1, -0.05) is 29.9 Å². The van der Waals surface area contributed by atoms with E-state index in [1.807, 2.05) is 18.2 Å². The lowest BCUT2D eigenvalue weighted by atomic mass is 10.1. The summed E-state index contributed by atoms with van der Waals surface area (Å²) in [4.78, 5) is 2.79. The Bertz CT molecular complexity index is 737. The fraction of sp³-hybridized carbons (Fsp3) is 0.200. The molecule has 0 saturated heterocycles. The van der Waals surface area contributed by atoms with Gasteiger partial charge in [0.2, 0.25) is 0 Å². The molecule has 2 aromatic rings. The van der Waals surface area contributed by atoms with Gasteiger partial charge in [-0.25, -0.2) is 0 Å². The second-order valence-corrected chi connectivity index (χ2v) is 5.08. The van der Waals surface area contributed by atoms with Crippen molar-refractivity contribution >= 4 is 23.8 Å². The number of ether oxygens (including phenoxy) is 2. The number of nitrogens with zero attached hydrogens (tertiary/aromatic N) is 1. The van der Waals surface area contributed by atoms with E-state index in [4.69, 9.17) is 38.6 Å². The Labute approximate surface area is 132 Å². The van der Waals surface area contributed by atoms with Crippen molar-refractivity contribution in [2.45, 2.75) is 6.42 Å². The van der Waals surface area contributed by atoms with Crippen molar-refractivity contribution in [3.05, 3.63) is 51.3 Å². The quantitative estimate of drug-likeness (QED) is 0.837. The fourth-order valence-electron chi connectivity index (χ4n) is 1.77. The number of hydrogen-bond donors (Lipinski definition) is 1. The molecule has 21 heavy (non-hydrogen) atoms. The van der Waals surface area contributed by atoms with Crippen LogP contribution in [0.3, 0.4) is 0 Å². The Hall–Kier alpha value is -1.87. The summed E-state index contributed by atoms with van der Waals surface area (Å²) in [6.45, 7) is 0.628. The number of aromatic nitrogens is 1. The first-order valence-electron chi connectivity index (χ1n) is 6.22. The molecule has 0 bridgehead atoms. The van der Waals surface area contributed by atoms with E-state index in [9.17, 15) is 0 Å². The van der Waals surface area contributed by atoms with E-state index in [1.54, 1.807) is 25.4 Å². The molecular formula is C15H13ClN2O2S. The summed E-state index contributed by atoms with van der Waals surface area (Å²) in [6.07, 6.45) is 2.40. The molecule has 1 aromatic carbocycles. The van der Waals surface area contributed by atoms with Gasteiger partial charge in [0.25, 0.3) is 0 Å². The molecule has 0 saturated carbocycles. The maximum atomic E-state index is 9.12. The average molecular weight is 321 g/mol. The van der Waals surface area contributed by atoms with Crippen LogP contribution in [0.1, 0.15) is 11.1 Å². The van der Waals surface area contributed by atoms with Crippen LogP contribution in [0.15, 0.2) is 30.5 Å². The minimum absolute atomic E-state index is 0.284. The van der Waals surface area contributed by atoms with Crippen LogP contribution < -0.4 is 4.74 Å². The monoisotopic (exact) mass is 320 g/mol. The Morgan fingerprint density at radius 1 is 1.33 bits per heavy atom. The Kier molecular flexibility index (Phi) is 5.34. The number of benzene rings is 1. The van der Waals surface area contributed by atoms with Crippen LogP contribution in [0.25, 0.3) is 0 Å². The van der Waals surface area contributed by atoms with E-state index in [0.717, 1.165) is 12.0 Å². The minimum atomic E-state index is 0.284. The summed E-state index contributed by atoms with van der Waals surface area (Å²) >= 11 is 11.3. The molecule has 0 unspecified atom stereocenters. The first-order chi connectivity index (χ1) is 10.2. The minimum Gasteiger partial charge on any atom is -0.454 e. The van der Waals surface area contributed by atoms with Crippen LogP contribution in [0.2, 0.25) is 5.02 Å². The zero-order chi connectivity index (χ0) is 15.2. The Balaban J connectivity index is 2.27.